The molecule has 1 aromatic carbocycles. The average Bonchev–Trinajstić information content (AvgIpc) is 3.03. The summed E-state index contributed by atoms with van der Waals surface area (Å²) in [5, 5.41) is 4.18. The third-order valence-electron chi connectivity index (χ3n) is 5.16. The van der Waals surface area contributed by atoms with Crippen LogP contribution in [0, 0.1) is 5.92 Å². The monoisotopic (exact) mass is 394 g/mol. The molecule has 27 heavy (non-hydrogen) atoms. The number of rotatable bonds is 7. The molecule has 1 aliphatic heterocycles. The summed E-state index contributed by atoms with van der Waals surface area (Å²) in [4.78, 5) is 15.1. The van der Waals surface area contributed by atoms with E-state index in [9.17, 15) is 4.79 Å². The van der Waals surface area contributed by atoms with E-state index in [1.165, 1.54) is 6.42 Å². The molecule has 0 spiro atoms. The minimum Gasteiger partial charge on any atom is -0.451 e. The number of likely N-dealkylation sites (tertiary alicyclic amines) is 1. The maximum absolute atomic E-state index is 13.1. The van der Waals surface area contributed by atoms with Gasteiger partial charge in [0.15, 0.2) is 5.76 Å². The molecule has 0 aliphatic carbocycles. The van der Waals surface area contributed by atoms with Crippen LogP contribution >= 0.6 is 12.4 Å². The average molecular weight is 395 g/mol. The summed E-state index contributed by atoms with van der Waals surface area (Å²) in [6.45, 7) is 7.04. The van der Waals surface area contributed by atoms with Crippen molar-refractivity contribution in [2.24, 2.45) is 5.92 Å². The lowest BCUT2D eigenvalue weighted by Crippen LogP contribution is -2.39. The van der Waals surface area contributed by atoms with Crippen molar-refractivity contribution in [2.75, 3.05) is 26.7 Å². The molecular weight excluding hydrogens is 364 g/mol. The first kappa shape index (κ1) is 21.7. The van der Waals surface area contributed by atoms with Gasteiger partial charge in [0.2, 0.25) is 0 Å². The molecule has 3 rings (SSSR count). The number of piperidine rings is 1. The van der Waals surface area contributed by atoms with Crippen LogP contribution in [-0.4, -0.2) is 43.6 Å². The summed E-state index contributed by atoms with van der Waals surface area (Å²) in [6.07, 6.45) is 3.41. The molecule has 1 aromatic heterocycles. The molecule has 0 unspecified atom stereocenters. The van der Waals surface area contributed by atoms with Gasteiger partial charge in [-0.05, 0) is 58.7 Å². The van der Waals surface area contributed by atoms with Crippen LogP contribution in [0.3, 0.4) is 0 Å². The van der Waals surface area contributed by atoms with Gasteiger partial charge in [-0.15, -0.1) is 12.4 Å². The number of nitrogens with one attached hydrogen (secondary N) is 1. The van der Waals surface area contributed by atoms with Crippen molar-refractivity contribution in [1.29, 1.82) is 0 Å². The molecular formula is C21H31ClN2O3. The Hall–Kier alpha value is -1.56. The first-order chi connectivity index (χ1) is 12.6. The van der Waals surface area contributed by atoms with Crippen LogP contribution in [0.5, 0.6) is 0 Å². The molecule has 1 fully saturated rings. The highest BCUT2D eigenvalue weighted by Crippen LogP contribution is 2.29. The predicted octanol–water partition coefficient (Wildman–Crippen LogP) is 4.24. The minimum atomic E-state index is -0.00405. The number of fused-ring (bicyclic) bond motifs is 1. The van der Waals surface area contributed by atoms with Crippen molar-refractivity contribution in [3.05, 3.63) is 35.6 Å². The highest BCUT2D eigenvalue weighted by molar-refractivity contribution is 5.99. The van der Waals surface area contributed by atoms with E-state index < -0.39 is 0 Å². The fourth-order valence-electron chi connectivity index (χ4n) is 3.58. The van der Waals surface area contributed by atoms with Crippen LogP contribution in [0.1, 0.15) is 49.2 Å². The van der Waals surface area contributed by atoms with Crippen molar-refractivity contribution in [3.8, 4) is 0 Å². The molecule has 0 atom stereocenters. The number of carbonyl (C=O) groups is 1. The van der Waals surface area contributed by atoms with Gasteiger partial charge in [0, 0.05) is 24.0 Å². The van der Waals surface area contributed by atoms with E-state index in [0.717, 1.165) is 49.0 Å². The van der Waals surface area contributed by atoms with Gasteiger partial charge in [-0.2, -0.15) is 0 Å². The maximum atomic E-state index is 13.1. The zero-order valence-corrected chi connectivity index (χ0v) is 17.3. The molecule has 6 heteroatoms. The first-order valence-electron chi connectivity index (χ1n) is 9.66. The number of furan rings is 1. The van der Waals surface area contributed by atoms with Gasteiger partial charge >= 0.3 is 0 Å². The maximum Gasteiger partial charge on any atom is 0.289 e. The van der Waals surface area contributed by atoms with Crippen LogP contribution in [-0.2, 0) is 11.3 Å². The second-order valence-electron chi connectivity index (χ2n) is 7.39. The quantitative estimate of drug-likeness (QED) is 0.763. The Labute approximate surface area is 167 Å². The van der Waals surface area contributed by atoms with E-state index >= 15 is 0 Å². The van der Waals surface area contributed by atoms with Gasteiger partial charge in [0.05, 0.1) is 12.7 Å². The Balaban J connectivity index is 0.00000261. The molecule has 5 nitrogen and oxygen atoms in total. The fourth-order valence-corrected chi connectivity index (χ4v) is 3.58. The zero-order valence-electron chi connectivity index (χ0n) is 16.5. The van der Waals surface area contributed by atoms with Crippen LogP contribution in [0.2, 0.25) is 0 Å². The van der Waals surface area contributed by atoms with Crippen molar-refractivity contribution in [2.45, 2.75) is 45.8 Å². The molecule has 1 amide bonds. The zero-order chi connectivity index (χ0) is 18.5. The van der Waals surface area contributed by atoms with Crippen molar-refractivity contribution < 1.29 is 13.9 Å². The van der Waals surface area contributed by atoms with Crippen LogP contribution < -0.4 is 5.32 Å². The number of ether oxygens (including phenoxy) is 1. The molecule has 1 saturated heterocycles. The lowest BCUT2D eigenvalue weighted by atomic mass is 9.93. The summed E-state index contributed by atoms with van der Waals surface area (Å²) in [6, 6.07) is 7.81. The van der Waals surface area contributed by atoms with E-state index in [2.05, 4.69) is 5.32 Å². The molecule has 0 saturated carbocycles. The summed E-state index contributed by atoms with van der Waals surface area (Å²) in [5.41, 5.74) is 1.62. The third-order valence-corrected chi connectivity index (χ3v) is 5.16. The van der Waals surface area contributed by atoms with Crippen LogP contribution in [0.15, 0.2) is 28.7 Å². The van der Waals surface area contributed by atoms with E-state index in [1.807, 2.05) is 50.1 Å². The highest BCUT2D eigenvalue weighted by Gasteiger charge is 2.28. The van der Waals surface area contributed by atoms with E-state index in [4.69, 9.17) is 9.15 Å². The summed E-state index contributed by atoms with van der Waals surface area (Å²) in [7, 11) is 1.99. The second kappa shape index (κ2) is 10.1. The molecule has 1 N–H and O–H groups in total. The molecule has 1 aliphatic rings. The van der Waals surface area contributed by atoms with Crippen LogP contribution in [0.25, 0.3) is 11.0 Å². The van der Waals surface area contributed by atoms with Gasteiger partial charge in [-0.3, -0.25) is 4.79 Å². The fraction of sp³-hybridized carbons (Fsp3) is 0.571. The Morgan fingerprint density at radius 3 is 2.67 bits per heavy atom. The Bertz CT molecular complexity index is 736. The van der Waals surface area contributed by atoms with E-state index in [0.29, 0.717) is 18.3 Å². The number of hydrogen-bond donors (Lipinski definition) is 1. The van der Waals surface area contributed by atoms with Gasteiger partial charge in [0.1, 0.15) is 5.58 Å². The molecule has 150 valence electrons. The number of nitrogens with zero attached hydrogens (tertiary/aromatic N) is 1. The Kier molecular flexibility index (Phi) is 8.14. The molecule has 2 heterocycles. The van der Waals surface area contributed by atoms with E-state index in [-0.39, 0.29) is 24.4 Å². The Morgan fingerprint density at radius 2 is 2.00 bits per heavy atom. The highest BCUT2D eigenvalue weighted by atomic mass is 35.5. The van der Waals surface area contributed by atoms with Crippen molar-refractivity contribution in [1.82, 2.24) is 10.2 Å². The normalized spacial score (nSPS) is 15.3. The largest absolute Gasteiger partial charge is 0.451 e. The lowest BCUT2D eigenvalue weighted by molar-refractivity contribution is 0.0584. The van der Waals surface area contributed by atoms with Gasteiger partial charge < -0.3 is 19.4 Å². The van der Waals surface area contributed by atoms with Crippen molar-refractivity contribution >= 4 is 29.3 Å². The SMILES string of the molecule is CNCCC1CCN(C(=O)c2oc3ccccc3c2COC(C)C)CC1.Cl. The number of halogens is 1. The lowest BCUT2D eigenvalue weighted by Gasteiger charge is -2.31. The van der Waals surface area contributed by atoms with Crippen LogP contribution in [0.4, 0.5) is 0 Å². The van der Waals surface area contributed by atoms with Gasteiger partial charge in [-0.1, -0.05) is 18.2 Å². The minimum absolute atomic E-state index is 0. The van der Waals surface area contributed by atoms with E-state index in [1.54, 1.807) is 0 Å². The predicted molar refractivity (Wildman–Crippen MR) is 111 cm³/mol. The molecule has 2 aromatic rings. The second-order valence-corrected chi connectivity index (χ2v) is 7.39. The summed E-state index contributed by atoms with van der Waals surface area (Å²) in [5.74, 6) is 1.14. The third kappa shape index (κ3) is 5.24. The summed E-state index contributed by atoms with van der Waals surface area (Å²) < 4.78 is 11.8. The standard InChI is InChI=1S/C21H30N2O3.ClH/c1-15(2)25-14-18-17-6-4-5-7-19(17)26-20(18)21(24)23-12-9-16(10-13-23)8-11-22-3;/h4-7,15-16,22H,8-14H2,1-3H3;1H. The number of carbonyl (C=O) groups excluding carboxylic acids is 1. The number of benzene rings is 1. The van der Waals surface area contributed by atoms with Gasteiger partial charge in [0.25, 0.3) is 5.91 Å². The van der Waals surface area contributed by atoms with Crippen molar-refractivity contribution in [3.63, 3.8) is 0 Å². The summed E-state index contributed by atoms with van der Waals surface area (Å²) >= 11 is 0. The number of hydrogen-bond acceptors (Lipinski definition) is 4. The topological polar surface area (TPSA) is 54.7 Å². The van der Waals surface area contributed by atoms with Gasteiger partial charge in [-0.25, -0.2) is 0 Å². The molecule has 0 bridgehead atoms. The Morgan fingerprint density at radius 1 is 1.30 bits per heavy atom. The number of amides is 1. The number of para-hydroxylation sites is 1. The smallest absolute Gasteiger partial charge is 0.289 e. The first-order valence-corrected chi connectivity index (χ1v) is 9.66. The molecule has 0 radical (unpaired) electrons.